The molecule has 0 atom stereocenters. The zero-order chi connectivity index (χ0) is 22.1. The number of hydrogen-bond donors (Lipinski definition) is 0. The largest absolute Gasteiger partial charge is 0.353 e. The number of benzene rings is 1. The van der Waals surface area contributed by atoms with Gasteiger partial charge in [-0.25, -0.2) is 4.98 Å². The number of carbonyl (C=O) groups is 1. The van der Waals surface area contributed by atoms with Gasteiger partial charge in [0.2, 0.25) is 11.7 Å². The number of amides is 1. The van der Waals surface area contributed by atoms with Crippen molar-refractivity contribution >= 4 is 11.7 Å². The topological polar surface area (TPSA) is 75.4 Å². The Morgan fingerprint density at radius 3 is 2.47 bits per heavy atom. The van der Waals surface area contributed by atoms with Crippen LogP contribution in [0.2, 0.25) is 0 Å². The molecule has 0 spiro atoms. The molecule has 1 aromatic carbocycles. The van der Waals surface area contributed by atoms with Crippen molar-refractivity contribution in [3.8, 4) is 11.4 Å². The minimum absolute atomic E-state index is 0.103. The summed E-state index contributed by atoms with van der Waals surface area (Å²) in [6.07, 6.45) is 6.56. The summed E-state index contributed by atoms with van der Waals surface area (Å²) in [7, 11) is 0. The van der Waals surface area contributed by atoms with Crippen molar-refractivity contribution < 1.29 is 9.32 Å². The van der Waals surface area contributed by atoms with Crippen molar-refractivity contribution in [2.75, 3.05) is 31.1 Å². The van der Waals surface area contributed by atoms with Crippen LogP contribution in [-0.4, -0.2) is 52.1 Å². The summed E-state index contributed by atoms with van der Waals surface area (Å²) in [6.45, 7) is 7.00. The molecule has 1 saturated carbocycles. The second kappa shape index (κ2) is 8.73. The molecule has 2 fully saturated rings. The first-order valence-electron chi connectivity index (χ1n) is 11.5. The van der Waals surface area contributed by atoms with Crippen LogP contribution < -0.4 is 4.90 Å². The summed E-state index contributed by atoms with van der Waals surface area (Å²) >= 11 is 0. The lowest BCUT2D eigenvalue weighted by molar-refractivity contribution is 0.0746. The van der Waals surface area contributed by atoms with E-state index in [0.717, 1.165) is 54.3 Å². The molecular formula is C25H29N5O2. The Morgan fingerprint density at radius 1 is 1.00 bits per heavy atom. The van der Waals surface area contributed by atoms with E-state index in [-0.39, 0.29) is 5.91 Å². The van der Waals surface area contributed by atoms with Crippen LogP contribution in [0, 0.1) is 13.8 Å². The third kappa shape index (κ3) is 4.11. The monoisotopic (exact) mass is 431 g/mol. The molecule has 0 bridgehead atoms. The molecule has 1 saturated heterocycles. The Hall–Kier alpha value is -3.22. The lowest BCUT2D eigenvalue weighted by Gasteiger charge is -2.35. The Bertz CT molecular complexity index is 1090. The molecule has 2 aromatic heterocycles. The quantitative estimate of drug-likeness (QED) is 0.611. The van der Waals surface area contributed by atoms with Gasteiger partial charge in [-0.15, -0.1) is 0 Å². The molecule has 32 heavy (non-hydrogen) atoms. The SMILES string of the molecule is Cc1ccc(C(=O)N2CCN(c3ccc(-c4noc(C5CCCC5)n4)cn3)CC2)cc1C. The average Bonchev–Trinajstić information content (AvgIpc) is 3.53. The van der Waals surface area contributed by atoms with Gasteiger partial charge in [-0.3, -0.25) is 4.79 Å². The number of rotatable bonds is 4. The van der Waals surface area contributed by atoms with E-state index in [0.29, 0.717) is 24.8 Å². The molecule has 0 unspecified atom stereocenters. The second-order valence-corrected chi connectivity index (χ2v) is 8.92. The highest BCUT2D eigenvalue weighted by Crippen LogP contribution is 2.34. The summed E-state index contributed by atoms with van der Waals surface area (Å²) in [5, 5.41) is 4.16. The smallest absolute Gasteiger partial charge is 0.253 e. The van der Waals surface area contributed by atoms with Gasteiger partial charge in [-0.05, 0) is 62.1 Å². The first kappa shape index (κ1) is 20.7. The third-order valence-electron chi connectivity index (χ3n) is 6.80. The van der Waals surface area contributed by atoms with Crippen molar-refractivity contribution in [2.24, 2.45) is 0 Å². The van der Waals surface area contributed by atoms with Gasteiger partial charge in [-0.1, -0.05) is 24.1 Å². The third-order valence-corrected chi connectivity index (χ3v) is 6.80. The fourth-order valence-corrected chi connectivity index (χ4v) is 4.59. The van der Waals surface area contributed by atoms with E-state index < -0.39 is 0 Å². The highest BCUT2D eigenvalue weighted by Gasteiger charge is 2.25. The van der Waals surface area contributed by atoms with Crippen molar-refractivity contribution in [3.05, 3.63) is 59.1 Å². The van der Waals surface area contributed by atoms with Crippen LogP contribution in [0.15, 0.2) is 41.1 Å². The maximum absolute atomic E-state index is 12.9. The van der Waals surface area contributed by atoms with Crippen molar-refractivity contribution in [1.29, 1.82) is 0 Å². The maximum Gasteiger partial charge on any atom is 0.253 e. The number of aromatic nitrogens is 3. The number of piperazine rings is 1. The van der Waals surface area contributed by atoms with Crippen molar-refractivity contribution in [3.63, 3.8) is 0 Å². The molecular weight excluding hydrogens is 402 g/mol. The van der Waals surface area contributed by atoms with Crippen LogP contribution in [0.3, 0.4) is 0 Å². The number of nitrogens with zero attached hydrogens (tertiary/aromatic N) is 5. The van der Waals surface area contributed by atoms with E-state index in [9.17, 15) is 4.79 Å². The molecule has 5 rings (SSSR count). The Labute approximate surface area is 188 Å². The highest BCUT2D eigenvalue weighted by molar-refractivity contribution is 5.94. The fourth-order valence-electron chi connectivity index (χ4n) is 4.59. The molecule has 1 amide bonds. The predicted molar refractivity (Wildman–Crippen MR) is 123 cm³/mol. The van der Waals surface area contributed by atoms with Gasteiger partial charge in [0.05, 0.1) is 0 Å². The first-order valence-corrected chi connectivity index (χ1v) is 11.5. The summed E-state index contributed by atoms with van der Waals surface area (Å²) < 4.78 is 5.50. The van der Waals surface area contributed by atoms with E-state index in [1.165, 1.54) is 18.4 Å². The second-order valence-electron chi connectivity index (χ2n) is 8.92. The summed E-state index contributed by atoms with van der Waals surface area (Å²) in [5.41, 5.74) is 3.98. The minimum Gasteiger partial charge on any atom is -0.353 e. The number of pyridine rings is 1. The number of anilines is 1. The van der Waals surface area contributed by atoms with Gasteiger partial charge >= 0.3 is 0 Å². The van der Waals surface area contributed by atoms with E-state index in [1.54, 1.807) is 0 Å². The fraction of sp³-hybridized carbons (Fsp3) is 0.440. The first-order chi connectivity index (χ1) is 15.6. The van der Waals surface area contributed by atoms with Gasteiger partial charge < -0.3 is 14.3 Å². The lowest BCUT2D eigenvalue weighted by Crippen LogP contribution is -2.49. The molecule has 3 heterocycles. The molecule has 0 N–H and O–H groups in total. The summed E-state index contributed by atoms with van der Waals surface area (Å²) in [5.74, 6) is 2.78. The summed E-state index contributed by atoms with van der Waals surface area (Å²) in [6, 6.07) is 9.93. The number of hydrogen-bond acceptors (Lipinski definition) is 6. The predicted octanol–water partition coefficient (Wildman–Crippen LogP) is 4.37. The molecule has 0 radical (unpaired) electrons. The Kier molecular flexibility index (Phi) is 5.64. The van der Waals surface area contributed by atoms with Gasteiger partial charge in [0.1, 0.15) is 5.82 Å². The van der Waals surface area contributed by atoms with Crippen molar-refractivity contribution in [1.82, 2.24) is 20.0 Å². The van der Waals surface area contributed by atoms with Gasteiger partial charge in [0.15, 0.2) is 0 Å². The maximum atomic E-state index is 12.9. The number of carbonyl (C=O) groups excluding carboxylic acids is 1. The van der Waals surface area contributed by atoms with Gasteiger partial charge in [0.25, 0.3) is 5.91 Å². The molecule has 1 aliphatic heterocycles. The van der Waals surface area contributed by atoms with E-state index >= 15 is 0 Å². The zero-order valence-electron chi connectivity index (χ0n) is 18.8. The molecule has 166 valence electrons. The highest BCUT2D eigenvalue weighted by atomic mass is 16.5. The van der Waals surface area contributed by atoms with Crippen molar-refractivity contribution in [2.45, 2.75) is 45.4 Å². The van der Waals surface area contributed by atoms with Crippen LogP contribution in [0.25, 0.3) is 11.4 Å². The van der Waals surface area contributed by atoms with Crippen LogP contribution in [0.1, 0.15) is 59.0 Å². The van der Waals surface area contributed by atoms with Crippen LogP contribution in [0.4, 0.5) is 5.82 Å². The van der Waals surface area contributed by atoms with Gasteiger partial charge in [-0.2, -0.15) is 4.98 Å². The number of aryl methyl sites for hydroxylation is 2. The van der Waals surface area contributed by atoms with Crippen LogP contribution in [-0.2, 0) is 0 Å². The Morgan fingerprint density at radius 2 is 1.78 bits per heavy atom. The van der Waals surface area contributed by atoms with Crippen LogP contribution >= 0.6 is 0 Å². The minimum atomic E-state index is 0.103. The average molecular weight is 432 g/mol. The molecule has 1 aliphatic carbocycles. The molecule has 3 aromatic rings. The van der Waals surface area contributed by atoms with Crippen LogP contribution in [0.5, 0.6) is 0 Å². The summed E-state index contributed by atoms with van der Waals surface area (Å²) in [4.78, 5) is 26.3. The van der Waals surface area contributed by atoms with E-state index in [1.807, 2.05) is 48.4 Å². The normalized spacial score (nSPS) is 17.2. The lowest BCUT2D eigenvalue weighted by atomic mass is 10.1. The van der Waals surface area contributed by atoms with E-state index in [4.69, 9.17) is 4.52 Å². The molecule has 7 nitrogen and oxygen atoms in total. The zero-order valence-corrected chi connectivity index (χ0v) is 18.8. The standard InChI is InChI=1S/C25H29N5O2/c1-17-7-8-20(15-18(17)2)25(31)30-13-11-29(12-14-30)22-10-9-21(16-26-22)23-27-24(32-28-23)19-5-3-4-6-19/h7-10,15-16,19H,3-6,11-14H2,1-2H3. The Balaban J connectivity index is 1.20. The molecule has 7 heteroatoms. The van der Waals surface area contributed by atoms with E-state index in [2.05, 4.69) is 26.9 Å². The molecule has 2 aliphatic rings. The van der Waals surface area contributed by atoms with Gasteiger partial charge in [0, 0.05) is 49.4 Å².